The van der Waals surface area contributed by atoms with Gasteiger partial charge in [0.05, 0.1) is 6.42 Å². The second-order valence-electron chi connectivity index (χ2n) is 3.20. The van der Waals surface area contributed by atoms with Crippen molar-refractivity contribution in [3.8, 4) is 0 Å². The van der Waals surface area contributed by atoms with Crippen molar-refractivity contribution >= 4 is 23.9 Å². The van der Waals surface area contributed by atoms with Crippen LogP contribution in [0.2, 0.25) is 0 Å². The molecule has 0 spiro atoms. The molecule has 0 aromatic rings. The van der Waals surface area contributed by atoms with Crippen molar-refractivity contribution in [3.63, 3.8) is 0 Å². The number of carbonyl (C=O) groups excluding carboxylic acids is 4. The Balaban J connectivity index is 4.26. The van der Waals surface area contributed by atoms with Gasteiger partial charge in [0.1, 0.15) is 12.7 Å². The molecule has 96 valence electrons. The molecule has 0 heterocycles. The van der Waals surface area contributed by atoms with E-state index in [9.17, 15) is 19.2 Å². The van der Waals surface area contributed by atoms with Gasteiger partial charge in [0, 0.05) is 20.8 Å². The first-order valence-corrected chi connectivity index (χ1v) is 4.83. The van der Waals surface area contributed by atoms with Crippen LogP contribution in [0.15, 0.2) is 0 Å². The molecule has 0 aromatic carbocycles. The molecule has 1 atom stereocenters. The molecule has 0 amide bonds. The van der Waals surface area contributed by atoms with Gasteiger partial charge in [-0.1, -0.05) is 0 Å². The minimum atomic E-state index is -0.955. The van der Waals surface area contributed by atoms with E-state index in [0.29, 0.717) is 0 Å². The zero-order chi connectivity index (χ0) is 13.4. The first-order valence-electron chi connectivity index (χ1n) is 4.83. The summed E-state index contributed by atoms with van der Waals surface area (Å²) in [6.45, 7) is 3.14. The minimum Gasteiger partial charge on any atom is -0.462 e. The van der Waals surface area contributed by atoms with Gasteiger partial charge in [0.25, 0.3) is 0 Å². The Morgan fingerprint density at radius 2 is 1.53 bits per heavy atom. The van der Waals surface area contributed by atoms with Gasteiger partial charge < -0.3 is 14.2 Å². The Kier molecular flexibility index (Phi) is 6.54. The molecule has 1 unspecified atom stereocenters. The van der Waals surface area contributed by atoms with Crippen LogP contribution in [0.3, 0.4) is 0 Å². The highest BCUT2D eigenvalue weighted by Crippen LogP contribution is 2.03. The van der Waals surface area contributed by atoms with Gasteiger partial charge in [-0.05, 0) is 0 Å². The Morgan fingerprint density at radius 1 is 0.941 bits per heavy atom. The van der Waals surface area contributed by atoms with Crippen LogP contribution in [0, 0.1) is 0 Å². The van der Waals surface area contributed by atoms with Crippen molar-refractivity contribution in [2.75, 3.05) is 6.61 Å². The molecule has 0 bridgehead atoms. The molecule has 0 rings (SSSR count). The van der Waals surface area contributed by atoms with Crippen LogP contribution in [0.25, 0.3) is 0 Å². The Bertz CT molecular complexity index is 321. The highest BCUT2D eigenvalue weighted by atomic mass is 16.6. The summed E-state index contributed by atoms with van der Waals surface area (Å²) in [4.78, 5) is 42.9. The molecule has 0 N–H and O–H groups in total. The van der Waals surface area contributed by atoms with E-state index in [1.54, 1.807) is 0 Å². The molecule has 0 aliphatic carbocycles. The van der Waals surface area contributed by atoms with Crippen molar-refractivity contribution in [1.29, 1.82) is 0 Å². The molecule has 0 radical (unpaired) electrons. The number of rotatable bonds is 5. The lowest BCUT2D eigenvalue weighted by Gasteiger charge is -2.15. The number of hydrogen-bond acceptors (Lipinski definition) is 7. The summed E-state index contributed by atoms with van der Waals surface area (Å²) in [5.74, 6) is -2.81. The summed E-state index contributed by atoms with van der Waals surface area (Å²) >= 11 is 0. The Labute approximate surface area is 98.0 Å². The minimum absolute atomic E-state index is 0.262. The largest absolute Gasteiger partial charge is 0.462 e. The standard InChI is InChI=1S/C10H14O7/c1-6(11)15-5-9(16-7(2)12)4-10(14)17-8(3)13/h9H,4-5H2,1-3H3. The molecule has 0 fully saturated rings. The van der Waals surface area contributed by atoms with Crippen LogP contribution in [0.4, 0.5) is 0 Å². The predicted molar refractivity (Wildman–Crippen MR) is 53.6 cm³/mol. The van der Waals surface area contributed by atoms with Crippen molar-refractivity contribution in [2.24, 2.45) is 0 Å². The van der Waals surface area contributed by atoms with E-state index in [4.69, 9.17) is 4.74 Å². The summed E-state index contributed by atoms with van der Waals surface area (Å²) in [7, 11) is 0. The molecule has 7 heteroatoms. The third kappa shape index (κ3) is 9.04. The highest BCUT2D eigenvalue weighted by Gasteiger charge is 2.20. The Morgan fingerprint density at radius 3 is 1.94 bits per heavy atom. The SMILES string of the molecule is CC(=O)OCC(CC(=O)OC(C)=O)OC(C)=O. The average Bonchev–Trinajstić information content (AvgIpc) is 2.11. The monoisotopic (exact) mass is 246 g/mol. The van der Waals surface area contributed by atoms with E-state index in [2.05, 4.69) is 9.47 Å². The lowest BCUT2D eigenvalue weighted by molar-refractivity contribution is -0.165. The summed E-state index contributed by atoms with van der Waals surface area (Å²) in [6.07, 6.45) is -1.31. The van der Waals surface area contributed by atoms with E-state index >= 15 is 0 Å². The number of hydrogen-bond donors (Lipinski definition) is 0. The number of carbonyl (C=O) groups is 4. The van der Waals surface area contributed by atoms with Gasteiger partial charge in [-0.3, -0.25) is 19.2 Å². The molecule has 0 aromatic heterocycles. The van der Waals surface area contributed by atoms with Crippen LogP contribution < -0.4 is 0 Å². The highest BCUT2D eigenvalue weighted by molar-refractivity contribution is 5.84. The van der Waals surface area contributed by atoms with E-state index < -0.39 is 30.0 Å². The van der Waals surface area contributed by atoms with Crippen molar-refractivity contribution in [1.82, 2.24) is 0 Å². The smallest absolute Gasteiger partial charge is 0.317 e. The summed E-state index contributed by atoms with van der Waals surface area (Å²) in [6, 6.07) is 0. The van der Waals surface area contributed by atoms with E-state index in [1.807, 2.05) is 0 Å². The van der Waals surface area contributed by atoms with E-state index in [0.717, 1.165) is 13.8 Å². The normalized spacial score (nSPS) is 11.2. The van der Waals surface area contributed by atoms with E-state index in [-0.39, 0.29) is 13.0 Å². The maximum Gasteiger partial charge on any atom is 0.317 e. The molecular formula is C10H14O7. The van der Waals surface area contributed by atoms with Gasteiger partial charge in [-0.15, -0.1) is 0 Å². The number of ether oxygens (including phenoxy) is 3. The fourth-order valence-electron chi connectivity index (χ4n) is 0.967. The van der Waals surface area contributed by atoms with Crippen molar-refractivity contribution in [3.05, 3.63) is 0 Å². The van der Waals surface area contributed by atoms with Crippen LogP contribution in [-0.4, -0.2) is 36.6 Å². The third-order valence-corrected chi connectivity index (χ3v) is 1.46. The third-order valence-electron chi connectivity index (χ3n) is 1.46. The van der Waals surface area contributed by atoms with Crippen molar-refractivity contribution in [2.45, 2.75) is 33.3 Å². The fourth-order valence-corrected chi connectivity index (χ4v) is 0.967. The number of esters is 4. The fraction of sp³-hybridized carbons (Fsp3) is 0.600. The van der Waals surface area contributed by atoms with Gasteiger partial charge in [0.15, 0.2) is 0 Å². The molecule has 0 aliphatic heterocycles. The van der Waals surface area contributed by atoms with Crippen LogP contribution in [0.5, 0.6) is 0 Å². The van der Waals surface area contributed by atoms with Gasteiger partial charge in [-0.25, -0.2) is 0 Å². The van der Waals surface area contributed by atoms with Crippen LogP contribution in [-0.2, 0) is 33.4 Å². The maximum absolute atomic E-state index is 11.1. The lowest BCUT2D eigenvalue weighted by Crippen LogP contribution is -2.27. The maximum atomic E-state index is 11.1. The second-order valence-corrected chi connectivity index (χ2v) is 3.20. The zero-order valence-corrected chi connectivity index (χ0v) is 9.85. The zero-order valence-electron chi connectivity index (χ0n) is 9.85. The first-order chi connectivity index (χ1) is 7.81. The predicted octanol–water partition coefficient (Wildman–Crippen LogP) is -0.0390. The van der Waals surface area contributed by atoms with Crippen molar-refractivity contribution < 1.29 is 33.4 Å². The molecule has 0 saturated heterocycles. The van der Waals surface area contributed by atoms with E-state index in [1.165, 1.54) is 6.92 Å². The summed E-state index contributed by atoms with van der Waals surface area (Å²) in [5, 5.41) is 0. The van der Waals surface area contributed by atoms with Crippen LogP contribution in [0.1, 0.15) is 27.2 Å². The van der Waals surface area contributed by atoms with Gasteiger partial charge in [-0.2, -0.15) is 0 Å². The Hall–Kier alpha value is -1.92. The average molecular weight is 246 g/mol. The van der Waals surface area contributed by atoms with Gasteiger partial charge >= 0.3 is 23.9 Å². The lowest BCUT2D eigenvalue weighted by atomic mass is 10.2. The molecule has 0 saturated carbocycles. The second kappa shape index (κ2) is 7.37. The summed E-state index contributed by atoms with van der Waals surface area (Å²) in [5.41, 5.74) is 0. The quantitative estimate of drug-likeness (QED) is 0.381. The van der Waals surface area contributed by atoms with Crippen LogP contribution >= 0.6 is 0 Å². The topological polar surface area (TPSA) is 96.0 Å². The molecular weight excluding hydrogens is 232 g/mol. The molecule has 17 heavy (non-hydrogen) atoms. The molecule has 7 nitrogen and oxygen atoms in total. The summed E-state index contributed by atoms with van der Waals surface area (Å²) < 4.78 is 13.6. The van der Waals surface area contributed by atoms with Gasteiger partial charge in [0.2, 0.25) is 0 Å². The first kappa shape index (κ1) is 15.1. The molecule has 0 aliphatic rings.